The average Bonchev–Trinajstić information content (AvgIpc) is 2.93. The molecule has 0 rings (SSSR count). The summed E-state index contributed by atoms with van der Waals surface area (Å²) < 4.78 is 486. The van der Waals surface area contributed by atoms with Gasteiger partial charge in [-0.15, -0.1) is 0 Å². The monoisotopic (exact) mass is 1160 g/mol. The minimum absolute atomic E-state index is 0. The Morgan fingerprint density at radius 1 is 0.213 bits per heavy atom. The quantitative estimate of drug-likeness (QED) is 0.143. The van der Waals surface area contributed by atoms with Crippen LogP contribution in [0.1, 0.15) is 0 Å². The van der Waals surface area contributed by atoms with Gasteiger partial charge in [-0.2, -0.15) is 145 Å². The summed E-state index contributed by atoms with van der Waals surface area (Å²) in [7, 11) is -23.0. The van der Waals surface area contributed by atoms with Crippen molar-refractivity contribution in [1.82, 2.24) is 0 Å². The molecular formula is C15F33InO9S3. The van der Waals surface area contributed by atoms with Crippen molar-refractivity contribution in [1.29, 1.82) is 0 Å². The van der Waals surface area contributed by atoms with Gasteiger partial charge in [-0.05, 0) is 0 Å². The van der Waals surface area contributed by atoms with Crippen LogP contribution in [0.3, 0.4) is 0 Å². The van der Waals surface area contributed by atoms with Gasteiger partial charge >= 0.3 is 113 Å². The Bertz CT molecular complexity index is 1650. The van der Waals surface area contributed by atoms with E-state index < -0.39 is 118 Å². The topological polar surface area (TPSA) is 172 Å². The number of hydrogen-bond donors (Lipinski definition) is 0. The van der Waals surface area contributed by atoms with Gasteiger partial charge in [-0.3, -0.25) is 0 Å². The Morgan fingerprint density at radius 2 is 0.311 bits per heavy atom. The normalized spacial score (nSPS) is 16.1. The smallest absolute Gasteiger partial charge is 0.743 e. The SMILES string of the molecule is O=S(=O)([O-])C(F)(F)C(F)(F)C(F)(F)C(F)(F)C(F)(F)F.O=S(=O)([O-])C(F)(F)C(F)(F)C(F)(F)C(F)(F)C(F)(F)F.O=S(=O)([O-])C(F)(F)C(F)(F)C(F)(F)C(F)(F)C(F)(F)F.[In+3]. The minimum Gasteiger partial charge on any atom is -0.743 e. The third-order valence-electron chi connectivity index (χ3n) is 5.47. The molecule has 366 valence electrons. The molecule has 0 aromatic rings. The van der Waals surface area contributed by atoms with Gasteiger partial charge < -0.3 is 13.7 Å². The molecule has 0 saturated heterocycles. The Balaban J connectivity index is -0.000000396. The first-order chi connectivity index (χ1) is 24.8. The van der Waals surface area contributed by atoms with Crippen molar-refractivity contribution in [3.63, 3.8) is 0 Å². The number of alkyl halides is 33. The summed E-state index contributed by atoms with van der Waals surface area (Å²) in [6.45, 7) is 0. The van der Waals surface area contributed by atoms with Gasteiger partial charge in [-0.1, -0.05) is 0 Å². The van der Waals surface area contributed by atoms with Crippen LogP contribution in [0.25, 0.3) is 0 Å². The van der Waals surface area contributed by atoms with Gasteiger partial charge in [0, 0.05) is 0 Å². The van der Waals surface area contributed by atoms with E-state index >= 15 is 0 Å². The van der Waals surface area contributed by atoms with Crippen LogP contribution in [0.15, 0.2) is 0 Å². The Kier molecular flexibility index (Phi) is 18.3. The molecule has 0 bridgehead atoms. The van der Waals surface area contributed by atoms with Crippen LogP contribution in [0.4, 0.5) is 145 Å². The molecule has 46 heteroatoms. The average molecular weight is 1160 g/mol. The molecule has 0 N–H and O–H groups in total. The van der Waals surface area contributed by atoms with E-state index in [4.69, 9.17) is 0 Å². The van der Waals surface area contributed by atoms with Gasteiger partial charge in [0.2, 0.25) is 0 Å². The van der Waals surface area contributed by atoms with Gasteiger partial charge in [0.05, 0.1) is 0 Å². The predicted molar refractivity (Wildman–Crippen MR) is 112 cm³/mol. The molecular weight excluding hydrogens is 1160 g/mol. The number of hydrogen-bond acceptors (Lipinski definition) is 9. The van der Waals surface area contributed by atoms with Gasteiger partial charge in [0.15, 0.2) is 30.4 Å². The van der Waals surface area contributed by atoms with Crippen LogP contribution in [-0.2, 0) is 30.4 Å². The van der Waals surface area contributed by atoms with Crippen LogP contribution in [-0.4, -0.2) is 152 Å². The van der Waals surface area contributed by atoms with Gasteiger partial charge in [0.25, 0.3) is 0 Å². The first-order valence-corrected chi connectivity index (χ1v) is 15.6. The van der Waals surface area contributed by atoms with Crippen molar-refractivity contribution < 1.29 is 184 Å². The second kappa shape index (κ2) is 16.9. The van der Waals surface area contributed by atoms with Crippen LogP contribution < -0.4 is 0 Å². The Labute approximate surface area is 327 Å². The fourth-order valence-corrected chi connectivity index (χ4v) is 3.47. The summed E-state index contributed by atoms with van der Waals surface area (Å²) in [6, 6.07) is 0. The minimum atomic E-state index is -7.90. The molecule has 0 atom stereocenters. The fourth-order valence-electron chi connectivity index (χ4n) is 2.14. The van der Waals surface area contributed by atoms with Crippen LogP contribution >= 0.6 is 0 Å². The van der Waals surface area contributed by atoms with Crippen molar-refractivity contribution in [3.8, 4) is 0 Å². The molecule has 0 aliphatic heterocycles. The predicted octanol–water partition coefficient (Wildman–Crippen LogP) is 7.40. The summed E-state index contributed by atoms with van der Waals surface area (Å²) in [4.78, 5) is 0. The van der Waals surface area contributed by atoms with Crippen molar-refractivity contribution in [2.24, 2.45) is 0 Å². The first-order valence-electron chi connectivity index (χ1n) is 11.3. The Morgan fingerprint density at radius 3 is 0.377 bits per heavy atom. The second-order valence-corrected chi connectivity index (χ2v) is 13.8. The summed E-state index contributed by atoms with van der Waals surface area (Å²) in [5, 5.41) is -22.2. The maximum absolute atomic E-state index is 12.4. The van der Waals surface area contributed by atoms with Crippen LogP contribution in [0.5, 0.6) is 0 Å². The zero-order valence-electron chi connectivity index (χ0n) is 25.4. The molecule has 0 aliphatic rings. The zero-order chi connectivity index (χ0) is 51.0. The van der Waals surface area contributed by atoms with Crippen LogP contribution in [0, 0.1) is 0 Å². The molecule has 9 nitrogen and oxygen atoms in total. The fraction of sp³-hybridized carbons (Fsp3) is 1.00. The molecule has 0 radical (unpaired) electrons. The van der Waals surface area contributed by atoms with Crippen molar-refractivity contribution in [2.45, 2.75) is 87.6 Å². The zero-order valence-corrected chi connectivity index (χ0v) is 31.2. The van der Waals surface area contributed by atoms with Crippen molar-refractivity contribution >= 4 is 56.2 Å². The van der Waals surface area contributed by atoms with Crippen LogP contribution in [0.2, 0.25) is 0 Å². The van der Waals surface area contributed by atoms with Gasteiger partial charge in [-0.25, -0.2) is 25.3 Å². The van der Waals surface area contributed by atoms with E-state index in [-0.39, 0.29) is 25.8 Å². The maximum Gasteiger partial charge on any atom is 3.00 e. The molecule has 0 aromatic carbocycles. The molecule has 0 amide bonds. The van der Waals surface area contributed by atoms with Crippen molar-refractivity contribution in [2.75, 3.05) is 0 Å². The third kappa shape index (κ3) is 10.4. The third-order valence-corrected chi connectivity index (χ3v) is 8.13. The number of rotatable bonds is 12. The molecule has 61 heavy (non-hydrogen) atoms. The summed E-state index contributed by atoms with van der Waals surface area (Å²) in [5.74, 6) is -70.3. The standard InChI is InChI=1S/3C5HF11O3S.In/c3*6-1(7,2(8,9)4(12,13)14)3(10,11)5(15,16)20(17,18)19;/h3*(H,17,18,19);/q;;;+3/p-3. The summed E-state index contributed by atoms with van der Waals surface area (Å²) in [5.41, 5.74) is 0. The molecule has 0 aliphatic carbocycles. The van der Waals surface area contributed by atoms with E-state index in [1.807, 2.05) is 0 Å². The van der Waals surface area contributed by atoms with E-state index in [2.05, 4.69) is 0 Å². The summed E-state index contributed by atoms with van der Waals surface area (Å²) >= 11 is 0. The molecule has 0 spiro atoms. The second-order valence-electron chi connectivity index (χ2n) is 9.58. The molecule has 0 unspecified atom stereocenters. The first kappa shape index (κ1) is 65.9. The van der Waals surface area contributed by atoms with E-state index in [9.17, 15) is 184 Å². The molecule has 0 heterocycles. The van der Waals surface area contributed by atoms with E-state index in [1.54, 1.807) is 0 Å². The van der Waals surface area contributed by atoms with Crippen molar-refractivity contribution in [3.05, 3.63) is 0 Å². The van der Waals surface area contributed by atoms with E-state index in [0.717, 1.165) is 0 Å². The maximum atomic E-state index is 12.4. The van der Waals surface area contributed by atoms with Gasteiger partial charge in [0.1, 0.15) is 0 Å². The van der Waals surface area contributed by atoms with E-state index in [1.165, 1.54) is 0 Å². The molecule has 0 fully saturated rings. The molecule has 0 aromatic heterocycles. The summed E-state index contributed by atoms with van der Waals surface area (Å²) in [6.07, 6.45) is -22.2. The van der Waals surface area contributed by atoms with E-state index in [0.29, 0.717) is 0 Å². The molecule has 0 saturated carbocycles. The Hall–Kier alpha value is -1.71. The number of halogens is 33. The largest absolute Gasteiger partial charge is 3.00 e.